The smallest absolute Gasteiger partial charge is 0.133 e. The molecule has 1 aromatic rings. The molecule has 100 valence electrons. The number of likely N-dealkylation sites (N-methyl/N-ethyl adjacent to an activating group) is 1. The van der Waals surface area contributed by atoms with Gasteiger partial charge in [-0.3, -0.25) is 4.90 Å². The quantitative estimate of drug-likeness (QED) is 0.802. The summed E-state index contributed by atoms with van der Waals surface area (Å²) in [7, 11) is 3.67. The molecule has 0 bridgehead atoms. The third kappa shape index (κ3) is 4.01. The maximum absolute atomic E-state index is 13.4. The fourth-order valence-electron chi connectivity index (χ4n) is 1.67. The average molecular weight is 270 g/mol. The van der Waals surface area contributed by atoms with Gasteiger partial charge < -0.3 is 10.5 Å². The predicted octanol–water partition coefficient (Wildman–Crippen LogP) is 1.93. The first-order chi connectivity index (χ1) is 8.45. The van der Waals surface area contributed by atoms with Crippen LogP contribution in [0.4, 0.5) is 4.39 Å². The van der Waals surface area contributed by atoms with Crippen molar-refractivity contribution < 1.29 is 9.13 Å². The molecule has 1 unspecified atom stereocenters. The molecule has 0 fully saturated rings. The highest BCUT2D eigenvalue weighted by molar-refractivity contribution is 7.80. The summed E-state index contributed by atoms with van der Waals surface area (Å²) in [6.07, 6.45) is 0. The Bertz CT molecular complexity index is 425. The van der Waals surface area contributed by atoms with Crippen LogP contribution in [-0.2, 0) is 11.3 Å². The number of nitrogens with zero attached hydrogens (tertiary/aromatic N) is 1. The molecule has 18 heavy (non-hydrogen) atoms. The molecule has 5 heteroatoms. The Morgan fingerprint density at radius 1 is 1.56 bits per heavy atom. The van der Waals surface area contributed by atoms with E-state index >= 15 is 0 Å². The monoisotopic (exact) mass is 270 g/mol. The van der Waals surface area contributed by atoms with E-state index in [1.54, 1.807) is 19.2 Å². The van der Waals surface area contributed by atoms with E-state index in [9.17, 15) is 4.39 Å². The van der Waals surface area contributed by atoms with Crippen LogP contribution in [0, 0.1) is 5.82 Å². The fourth-order valence-corrected chi connectivity index (χ4v) is 1.83. The zero-order valence-electron chi connectivity index (χ0n) is 10.9. The number of ether oxygens (including phenoxy) is 1. The van der Waals surface area contributed by atoms with Crippen molar-refractivity contribution in [1.29, 1.82) is 0 Å². The van der Waals surface area contributed by atoms with Gasteiger partial charge in [-0.1, -0.05) is 18.3 Å². The van der Waals surface area contributed by atoms with E-state index in [2.05, 4.69) is 11.8 Å². The van der Waals surface area contributed by atoms with Gasteiger partial charge in [0.2, 0.25) is 0 Å². The fraction of sp³-hybridized carbons (Fsp3) is 0.462. The van der Waals surface area contributed by atoms with Crippen molar-refractivity contribution in [3.05, 3.63) is 35.1 Å². The molecular weight excluding hydrogens is 251 g/mol. The van der Waals surface area contributed by atoms with Gasteiger partial charge in [0.15, 0.2) is 0 Å². The normalized spacial score (nSPS) is 12.7. The van der Waals surface area contributed by atoms with Crippen molar-refractivity contribution in [2.45, 2.75) is 19.5 Å². The highest BCUT2D eigenvalue weighted by atomic mass is 32.1. The molecule has 0 saturated heterocycles. The molecule has 0 aliphatic carbocycles. The van der Waals surface area contributed by atoms with Crippen molar-refractivity contribution in [2.75, 3.05) is 20.8 Å². The van der Waals surface area contributed by atoms with Crippen LogP contribution in [0.5, 0.6) is 0 Å². The standard InChI is InChI=1S/C13H19FN2OS/c1-9(8-17-3)16(2)7-10-4-5-12(14)11(6-10)13(15)18/h4-6,9H,7-8H2,1-3H3,(H2,15,18). The first-order valence-electron chi connectivity index (χ1n) is 5.73. The minimum Gasteiger partial charge on any atom is -0.389 e. The molecule has 0 heterocycles. The second-order valence-corrected chi connectivity index (χ2v) is 4.84. The van der Waals surface area contributed by atoms with E-state index in [-0.39, 0.29) is 16.8 Å². The van der Waals surface area contributed by atoms with Crippen molar-refractivity contribution in [1.82, 2.24) is 4.90 Å². The average Bonchev–Trinajstić information content (AvgIpc) is 2.31. The summed E-state index contributed by atoms with van der Waals surface area (Å²) in [6, 6.07) is 5.13. The van der Waals surface area contributed by atoms with Gasteiger partial charge in [-0.25, -0.2) is 4.39 Å². The molecule has 1 atom stereocenters. The Balaban J connectivity index is 2.79. The van der Waals surface area contributed by atoms with Crippen molar-refractivity contribution >= 4 is 17.2 Å². The molecule has 0 aliphatic rings. The van der Waals surface area contributed by atoms with E-state index in [1.807, 2.05) is 7.05 Å². The summed E-state index contributed by atoms with van der Waals surface area (Å²) in [4.78, 5) is 2.21. The molecule has 0 radical (unpaired) electrons. The van der Waals surface area contributed by atoms with Gasteiger partial charge in [-0.05, 0) is 31.7 Å². The van der Waals surface area contributed by atoms with Gasteiger partial charge in [0.05, 0.1) is 6.61 Å². The van der Waals surface area contributed by atoms with Crippen LogP contribution in [0.25, 0.3) is 0 Å². The summed E-state index contributed by atoms with van der Waals surface area (Å²) in [5.74, 6) is -0.376. The topological polar surface area (TPSA) is 38.5 Å². The summed E-state index contributed by atoms with van der Waals surface area (Å²) in [6.45, 7) is 3.42. The van der Waals surface area contributed by atoms with Gasteiger partial charge in [0.1, 0.15) is 10.8 Å². The first-order valence-corrected chi connectivity index (χ1v) is 6.14. The third-order valence-electron chi connectivity index (χ3n) is 2.89. The van der Waals surface area contributed by atoms with Gasteiger partial charge in [0, 0.05) is 25.3 Å². The van der Waals surface area contributed by atoms with Crippen molar-refractivity contribution in [3.63, 3.8) is 0 Å². The molecule has 3 nitrogen and oxygen atoms in total. The molecular formula is C13H19FN2OS. The van der Waals surface area contributed by atoms with Crippen molar-refractivity contribution in [3.8, 4) is 0 Å². The number of thiocarbonyl (C=S) groups is 1. The minimum absolute atomic E-state index is 0.0851. The lowest BCUT2D eigenvalue weighted by atomic mass is 10.1. The summed E-state index contributed by atoms with van der Waals surface area (Å²) in [5.41, 5.74) is 6.76. The van der Waals surface area contributed by atoms with Gasteiger partial charge in [0.25, 0.3) is 0 Å². The molecule has 0 spiro atoms. The van der Waals surface area contributed by atoms with E-state index in [4.69, 9.17) is 22.7 Å². The van der Waals surface area contributed by atoms with E-state index < -0.39 is 0 Å². The number of rotatable bonds is 6. The zero-order chi connectivity index (χ0) is 13.7. The van der Waals surface area contributed by atoms with E-state index in [1.165, 1.54) is 6.07 Å². The van der Waals surface area contributed by atoms with Crippen LogP contribution in [0.2, 0.25) is 0 Å². The maximum atomic E-state index is 13.4. The highest BCUT2D eigenvalue weighted by Gasteiger charge is 2.11. The Morgan fingerprint density at radius 3 is 2.78 bits per heavy atom. The van der Waals surface area contributed by atoms with Crippen molar-refractivity contribution in [2.24, 2.45) is 5.73 Å². The maximum Gasteiger partial charge on any atom is 0.133 e. The van der Waals surface area contributed by atoms with Crippen LogP contribution in [-0.4, -0.2) is 36.7 Å². The summed E-state index contributed by atoms with van der Waals surface area (Å²) >= 11 is 4.82. The molecule has 1 rings (SSSR count). The Kier molecular flexibility index (Phi) is 5.65. The highest BCUT2D eigenvalue weighted by Crippen LogP contribution is 2.13. The van der Waals surface area contributed by atoms with Gasteiger partial charge >= 0.3 is 0 Å². The van der Waals surface area contributed by atoms with E-state index in [0.29, 0.717) is 18.7 Å². The lowest BCUT2D eigenvalue weighted by Crippen LogP contribution is -2.32. The number of methoxy groups -OCH3 is 1. The van der Waals surface area contributed by atoms with Gasteiger partial charge in [-0.15, -0.1) is 0 Å². The molecule has 1 aromatic carbocycles. The second-order valence-electron chi connectivity index (χ2n) is 4.40. The van der Waals surface area contributed by atoms with Crippen LogP contribution in [0.15, 0.2) is 18.2 Å². The third-order valence-corrected chi connectivity index (χ3v) is 3.11. The number of halogens is 1. The molecule has 0 amide bonds. The minimum atomic E-state index is -0.376. The summed E-state index contributed by atoms with van der Waals surface area (Å²) in [5, 5.41) is 0. The molecule has 0 aliphatic heterocycles. The number of hydrogen-bond acceptors (Lipinski definition) is 3. The Hall–Kier alpha value is -1.04. The van der Waals surface area contributed by atoms with Crippen LogP contribution in [0.1, 0.15) is 18.1 Å². The SMILES string of the molecule is COCC(C)N(C)Cc1ccc(F)c(C(N)=S)c1. The Labute approximate surface area is 113 Å². The predicted molar refractivity (Wildman–Crippen MR) is 75.1 cm³/mol. The molecule has 2 N–H and O–H groups in total. The summed E-state index contributed by atoms with van der Waals surface area (Å²) < 4.78 is 18.5. The van der Waals surface area contributed by atoms with E-state index in [0.717, 1.165) is 5.56 Å². The number of benzene rings is 1. The first kappa shape index (κ1) is 15.0. The lowest BCUT2D eigenvalue weighted by Gasteiger charge is -2.24. The van der Waals surface area contributed by atoms with Gasteiger partial charge in [-0.2, -0.15) is 0 Å². The van der Waals surface area contributed by atoms with Crippen LogP contribution < -0.4 is 5.73 Å². The number of nitrogens with two attached hydrogens (primary N) is 1. The lowest BCUT2D eigenvalue weighted by molar-refractivity contribution is 0.112. The second kappa shape index (κ2) is 6.78. The van der Waals surface area contributed by atoms with Crippen LogP contribution >= 0.6 is 12.2 Å². The number of hydrogen-bond donors (Lipinski definition) is 1. The largest absolute Gasteiger partial charge is 0.389 e. The molecule has 0 saturated carbocycles. The van der Waals surface area contributed by atoms with Crippen LogP contribution in [0.3, 0.4) is 0 Å². The zero-order valence-corrected chi connectivity index (χ0v) is 11.8. The Morgan fingerprint density at radius 2 is 2.22 bits per heavy atom. The molecule has 0 aromatic heterocycles.